The standard InChI is InChI=1S/C14H14N4O/c15-7-9-19-14-6-2-1-4-12(14)10-16-11-13-5-3-8-17-18-13/h1-6,8,16H,9-11H2. The minimum atomic E-state index is 0.0567. The summed E-state index contributed by atoms with van der Waals surface area (Å²) in [6.45, 7) is 1.35. The van der Waals surface area contributed by atoms with Gasteiger partial charge < -0.3 is 10.1 Å². The molecule has 2 rings (SSSR count). The second kappa shape index (κ2) is 7.09. The molecular formula is C14H14N4O. The largest absolute Gasteiger partial charge is 0.478 e. The fourth-order valence-electron chi connectivity index (χ4n) is 1.65. The van der Waals surface area contributed by atoms with E-state index < -0.39 is 0 Å². The quantitative estimate of drug-likeness (QED) is 0.849. The van der Waals surface area contributed by atoms with Crippen molar-refractivity contribution in [2.45, 2.75) is 13.1 Å². The molecule has 0 unspecified atom stereocenters. The van der Waals surface area contributed by atoms with Crippen LogP contribution in [0.15, 0.2) is 42.6 Å². The van der Waals surface area contributed by atoms with Crippen LogP contribution in [0.5, 0.6) is 5.75 Å². The van der Waals surface area contributed by atoms with Crippen molar-refractivity contribution < 1.29 is 4.74 Å². The molecule has 5 nitrogen and oxygen atoms in total. The Labute approximate surface area is 111 Å². The molecule has 0 radical (unpaired) electrons. The van der Waals surface area contributed by atoms with Gasteiger partial charge in [-0.3, -0.25) is 0 Å². The zero-order valence-corrected chi connectivity index (χ0v) is 10.4. The molecule has 96 valence electrons. The molecule has 0 aliphatic rings. The highest BCUT2D eigenvalue weighted by Crippen LogP contribution is 2.17. The van der Waals surface area contributed by atoms with Gasteiger partial charge >= 0.3 is 0 Å². The van der Waals surface area contributed by atoms with Crippen LogP contribution in [0, 0.1) is 11.3 Å². The number of nitrogens with zero attached hydrogens (tertiary/aromatic N) is 3. The maximum absolute atomic E-state index is 8.54. The second-order valence-corrected chi connectivity index (χ2v) is 3.87. The molecular weight excluding hydrogens is 240 g/mol. The third kappa shape index (κ3) is 4.05. The summed E-state index contributed by atoms with van der Waals surface area (Å²) in [5.41, 5.74) is 1.90. The molecule has 0 fully saturated rings. The first-order chi connectivity index (χ1) is 9.40. The zero-order chi connectivity index (χ0) is 13.3. The Kier molecular flexibility index (Phi) is 4.85. The van der Waals surface area contributed by atoms with Crippen molar-refractivity contribution in [3.8, 4) is 11.8 Å². The van der Waals surface area contributed by atoms with Gasteiger partial charge in [0.15, 0.2) is 6.61 Å². The van der Waals surface area contributed by atoms with E-state index in [0.717, 1.165) is 17.0 Å². The van der Waals surface area contributed by atoms with Gasteiger partial charge in [0, 0.05) is 24.8 Å². The first-order valence-corrected chi connectivity index (χ1v) is 5.95. The van der Waals surface area contributed by atoms with Crippen molar-refractivity contribution in [2.75, 3.05) is 6.61 Å². The molecule has 0 atom stereocenters. The number of benzene rings is 1. The molecule has 0 aliphatic heterocycles. The summed E-state index contributed by atoms with van der Waals surface area (Å²) in [5, 5.41) is 19.6. The van der Waals surface area contributed by atoms with E-state index in [0.29, 0.717) is 13.1 Å². The Morgan fingerprint density at radius 2 is 2.05 bits per heavy atom. The summed E-state index contributed by atoms with van der Waals surface area (Å²) in [6.07, 6.45) is 1.65. The van der Waals surface area contributed by atoms with Crippen molar-refractivity contribution in [3.05, 3.63) is 53.9 Å². The van der Waals surface area contributed by atoms with E-state index in [2.05, 4.69) is 15.5 Å². The Hall–Kier alpha value is -2.45. The lowest BCUT2D eigenvalue weighted by Crippen LogP contribution is -2.14. The Morgan fingerprint density at radius 1 is 1.16 bits per heavy atom. The summed E-state index contributed by atoms with van der Waals surface area (Å²) in [4.78, 5) is 0. The van der Waals surface area contributed by atoms with Gasteiger partial charge in [0.25, 0.3) is 0 Å². The summed E-state index contributed by atoms with van der Waals surface area (Å²) >= 11 is 0. The smallest absolute Gasteiger partial charge is 0.174 e. The number of aromatic nitrogens is 2. The predicted octanol–water partition coefficient (Wildman–Crippen LogP) is 1.67. The first-order valence-electron chi connectivity index (χ1n) is 5.95. The Morgan fingerprint density at radius 3 is 2.84 bits per heavy atom. The highest BCUT2D eigenvalue weighted by atomic mass is 16.5. The summed E-state index contributed by atoms with van der Waals surface area (Å²) in [5.74, 6) is 0.732. The summed E-state index contributed by atoms with van der Waals surface area (Å²) < 4.78 is 5.36. The normalized spacial score (nSPS) is 9.84. The van der Waals surface area contributed by atoms with Crippen LogP contribution in [0.1, 0.15) is 11.3 Å². The topological polar surface area (TPSA) is 70.8 Å². The zero-order valence-electron chi connectivity index (χ0n) is 10.4. The van der Waals surface area contributed by atoms with Crippen LogP contribution in [0.3, 0.4) is 0 Å². The molecule has 19 heavy (non-hydrogen) atoms. The monoisotopic (exact) mass is 254 g/mol. The molecule has 2 aromatic rings. The van der Waals surface area contributed by atoms with Gasteiger partial charge in [0.1, 0.15) is 11.8 Å². The van der Waals surface area contributed by atoms with Crippen LogP contribution in [0.4, 0.5) is 0 Å². The van der Waals surface area contributed by atoms with Gasteiger partial charge in [-0.1, -0.05) is 18.2 Å². The van der Waals surface area contributed by atoms with Gasteiger partial charge in [0.2, 0.25) is 0 Å². The van der Waals surface area contributed by atoms with E-state index in [9.17, 15) is 0 Å². The molecule has 1 aromatic heterocycles. The van der Waals surface area contributed by atoms with Crippen molar-refractivity contribution in [3.63, 3.8) is 0 Å². The minimum Gasteiger partial charge on any atom is -0.478 e. The van der Waals surface area contributed by atoms with Crippen molar-refractivity contribution >= 4 is 0 Å². The highest BCUT2D eigenvalue weighted by Gasteiger charge is 2.02. The minimum absolute atomic E-state index is 0.0567. The van der Waals surface area contributed by atoms with Crippen molar-refractivity contribution in [1.29, 1.82) is 5.26 Å². The second-order valence-electron chi connectivity index (χ2n) is 3.87. The molecule has 0 bridgehead atoms. The summed E-state index contributed by atoms with van der Waals surface area (Å²) in [7, 11) is 0. The number of nitriles is 1. The van der Waals surface area contributed by atoms with E-state index >= 15 is 0 Å². The van der Waals surface area contributed by atoms with Crippen LogP contribution >= 0.6 is 0 Å². The number of nitrogens with one attached hydrogen (secondary N) is 1. The molecule has 0 saturated heterocycles. The maximum atomic E-state index is 8.54. The average Bonchev–Trinajstić information content (AvgIpc) is 2.47. The lowest BCUT2D eigenvalue weighted by molar-refractivity contribution is 0.362. The number of rotatable bonds is 6. The number of hydrogen-bond acceptors (Lipinski definition) is 5. The molecule has 1 heterocycles. The van der Waals surface area contributed by atoms with Crippen LogP contribution in [0.2, 0.25) is 0 Å². The third-order valence-electron chi connectivity index (χ3n) is 2.51. The van der Waals surface area contributed by atoms with Crippen molar-refractivity contribution in [1.82, 2.24) is 15.5 Å². The van der Waals surface area contributed by atoms with Crippen LogP contribution in [0.25, 0.3) is 0 Å². The molecule has 1 aromatic carbocycles. The lowest BCUT2D eigenvalue weighted by atomic mass is 10.2. The summed E-state index contributed by atoms with van der Waals surface area (Å²) in [6, 6.07) is 13.4. The van der Waals surface area contributed by atoms with Crippen LogP contribution in [-0.4, -0.2) is 16.8 Å². The number of ether oxygens (including phenoxy) is 1. The van der Waals surface area contributed by atoms with Crippen LogP contribution < -0.4 is 10.1 Å². The Balaban J connectivity index is 1.90. The average molecular weight is 254 g/mol. The van der Waals surface area contributed by atoms with Gasteiger partial charge in [-0.25, -0.2) is 0 Å². The molecule has 5 heteroatoms. The van der Waals surface area contributed by atoms with E-state index in [1.165, 1.54) is 0 Å². The van der Waals surface area contributed by atoms with Crippen LogP contribution in [-0.2, 0) is 13.1 Å². The molecule has 1 N–H and O–H groups in total. The van der Waals surface area contributed by atoms with E-state index in [1.54, 1.807) is 6.20 Å². The number of para-hydroxylation sites is 1. The SMILES string of the molecule is N#CCOc1ccccc1CNCc1cccnn1. The van der Waals surface area contributed by atoms with E-state index in [1.807, 2.05) is 42.5 Å². The fraction of sp³-hybridized carbons (Fsp3) is 0.214. The first kappa shape index (κ1) is 13.0. The van der Waals surface area contributed by atoms with Gasteiger partial charge in [-0.15, -0.1) is 0 Å². The third-order valence-corrected chi connectivity index (χ3v) is 2.51. The van der Waals surface area contributed by atoms with Gasteiger partial charge in [0.05, 0.1) is 5.69 Å². The van der Waals surface area contributed by atoms with E-state index in [-0.39, 0.29) is 6.61 Å². The molecule has 0 amide bonds. The number of hydrogen-bond donors (Lipinski definition) is 1. The molecule has 0 spiro atoms. The lowest BCUT2D eigenvalue weighted by Gasteiger charge is -2.09. The predicted molar refractivity (Wildman–Crippen MR) is 70.1 cm³/mol. The van der Waals surface area contributed by atoms with Gasteiger partial charge in [-0.2, -0.15) is 15.5 Å². The molecule has 0 saturated carbocycles. The maximum Gasteiger partial charge on any atom is 0.174 e. The Bertz CT molecular complexity index is 551. The molecule has 0 aliphatic carbocycles. The van der Waals surface area contributed by atoms with Crippen molar-refractivity contribution in [2.24, 2.45) is 0 Å². The highest BCUT2D eigenvalue weighted by molar-refractivity contribution is 5.33. The van der Waals surface area contributed by atoms with Gasteiger partial charge in [-0.05, 0) is 18.2 Å². The van der Waals surface area contributed by atoms with E-state index in [4.69, 9.17) is 10.00 Å². The fourth-order valence-corrected chi connectivity index (χ4v) is 1.65.